The van der Waals surface area contributed by atoms with Crippen LogP contribution in [-0.2, 0) is 0 Å². The van der Waals surface area contributed by atoms with E-state index in [4.69, 9.17) is 10.5 Å². The molecule has 1 aromatic rings. The lowest BCUT2D eigenvalue weighted by Crippen LogP contribution is -2.25. The Hall–Kier alpha value is -1.35. The molecule has 2 N–H and O–H groups in total. The van der Waals surface area contributed by atoms with Crippen LogP contribution in [0.3, 0.4) is 0 Å². The van der Waals surface area contributed by atoms with Gasteiger partial charge in [-0.2, -0.15) is 0 Å². The van der Waals surface area contributed by atoms with Gasteiger partial charge in [0, 0.05) is 11.5 Å². The maximum absolute atomic E-state index is 12.4. The normalized spacial score (nSPS) is 23.0. The third-order valence-electron chi connectivity index (χ3n) is 3.75. The van der Waals surface area contributed by atoms with Crippen molar-refractivity contribution in [2.75, 3.05) is 13.2 Å². The highest BCUT2D eigenvalue weighted by Gasteiger charge is 2.32. The summed E-state index contributed by atoms with van der Waals surface area (Å²) in [6.07, 6.45) is 3.19. The monoisotopic (exact) mass is 247 g/mol. The van der Waals surface area contributed by atoms with E-state index in [1.807, 2.05) is 31.2 Å². The molecule has 0 aromatic heterocycles. The van der Waals surface area contributed by atoms with Gasteiger partial charge in [0.2, 0.25) is 0 Å². The van der Waals surface area contributed by atoms with E-state index in [-0.39, 0.29) is 11.7 Å². The molecule has 1 aliphatic carbocycles. The van der Waals surface area contributed by atoms with Crippen molar-refractivity contribution in [3.05, 3.63) is 29.8 Å². The second-order valence-corrected chi connectivity index (χ2v) is 4.85. The van der Waals surface area contributed by atoms with Gasteiger partial charge in [-0.1, -0.05) is 6.42 Å². The summed E-state index contributed by atoms with van der Waals surface area (Å²) >= 11 is 0. The van der Waals surface area contributed by atoms with E-state index in [9.17, 15) is 4.79 Å². The quantitative estimate of drug-likeness (QED) is 0.814. The number of benzene rings is 1. The summed E-state index contributed by atoms with van der Waals surface area (Å²) in [5.74, 6) is 1.54. The van der Waals surface area contributed by atoms with E-state index < -0.39 is 0 Å². The van der Waals surface area contributed by atoms with Crippen molar-refractivity contribution < 1.29 is 9.53 Å². The molecule has 1 aromatic carbocycles. The molecule has 18 heavy (non-hydrogen) atoms. The first-order valence-electron chi connectivity index (χ1n) is 6.73. The zero-order valence-corrected chi connectivity index (χ0v) is 10.9. The molecule has 2 unspecified atom stereocenters. The fraction of sp³-hybridized carbons (Fsp3) is 0.533. The fourth-order valence-electron chi connectivity index (χ4n) is 2.76. The lowest BCUT2D eigenvalue weighted by Gasteiger charge is -2.16. The number of rotatable bonds is 5. The van der Waals surface area contributed by atoms with Crippen LogP contribution in [0.4, 0.5) is 0 Å². The Balaban J connectivity index is 2.08. The molecule has 2 atom stereocenters. The molecule has 2 rings (SSSR count). The number of ketones is 1. The first-order chi connectivity index (χ1) is 8.76. The SMILES string of the molecule is CCOc1ccc(C(=O)C2CCCC2CN)cc1. The molecule has 0 aliphatic heterocycles. The fourth-order valence-corrected chi connectivity index (χ4v) is 2.76. The topological polar surface area (TPSA) is 52.3 Å². The minimum absolute atomic E-state index is 0.118. The summed E-state index contributed by atoms with van der Waals surface area (Å²) in [5, 5.41) is 0. The van der Waals surface area contributed by atoms with Gasteiger partial charge in [-0.3, -0.25) is 4.79 Å². The van der Waals surface area contributed by atoms with Crippen molar-refractivity contribution in [2.45, 2.75) is 26.2 Å². The predicted octanol–water partition coefficient (Wildman–Crippen LogP) is 2.64. The van der Waals surface area contributed by atoms with E-state index in [1.165, 1.54) is 0 Å². The molecule has 98 valence electrons. The molecule has 0 amide bonds. The molecule has 0 spiro atoms. The second-order valence-electron chi connectivity index (χ2n) is 4.85. The Labute approximate surface area is 108 Å². The molecule has 1 aliphatic rings. The molecular weight excluding hydrogens is 226 g/mol. The minimum atomic E-state index is 0.118. The predicted molar refractivity (Wildman–Crippen MR) is 71.8 cm³/mol. The van der Waals surface area contributed by atoms with Gasteiger partial charge in [0.15, 0.2) is 5.78 Å². The number of nitrogens with two attached hydrogens (primary N) is 1. The van der Waals surface area contributed by atoms with Gasteiger partial charge in [-0.25, -0.2) is 0 Å². The van der Waals surface area contributed by atoms with Crippen molar-refractivity contribution in [1.29, 1.82) is 0 Å². The van der Waals surface area contributed by atoms with Crippen molar-refractivity contribution in [3.8, 4) is 5.75 Å². The largest absolute Gasteiger partial charge is 0.494 e. The molecule has 3 nitrogen and oxygen atoms in total. The van der Waals surface area contributed by atoms with Crippen LogP contribution < -0.4 is 10.5 Å². The average Bonchev–Trinajstić information content (AvgIpc) is 2.87. The van der Waals surface area contributed by atoms with Crippen LogP contribution in [0.25, 0.3) is 0 Å². The minimum Gasteiger partial charge on any atom is -0.494 e. The summed E-state index contributed by atoms with van der Waals surface area (Å²) in [6.45, 7) is 3.21. The summed E-state index contributed by atoms with van der Waals surface area (Å²) in [7, 11) is 0. The third kappa shape index (κ3) is 2.72. The lowest BCUT2D eigenvalue weighted by atomic mass is 9.88. The summed E-state index contributed by atoms with van der Waals surface area (Å²) in [6, 6.07) is 7.45. The number of Topliss-reactive ketones (excluding diaryl/α,β-unsaturated/α-hetero) is 1. The van der Waals surface area contributed by atoms with Gasteiger partial charge in [0.1, 0.15) is 5.75 Å². The molecule has 3 heteroatoms. The van der Waals surface area contributed by atoms with Gasteiger partial charge in [0.05, 0.1) is 6.61 Å². The number of ether oxygens (including phenoxy) is 1. The summed E-state index contributed by atoms with van der Waals surface area (Å²) in [5.41, 5.74) is 6.51. The van der Waals surface area contributed by atoms with E-state index in [1.54, 1.807) is 0 Å². The number of hydrogen-bond donors (Lipinski definition) is 1. The van der Waals surface area contributed by atoms with Crippen LogP contribution in [0, 0.1) is 11.8 Å². The van der Waals surface area contributed by atoms with Gasteiger partial charge >= 0.3 is 0 Å². The summed E-state index contributed by atoms with van der Waals surface area (Å²) in [4.78, 5) is 12.4. The molecule has 0 bridgehead atoms. The highest BCUT2D eigenvalue weighted by molar-refractivity contribution is 5.98. The zero-order valence-electron chi connectivity index (χ0n) is 10.9. The molecule has 0 heterocycles. The molecular formula is C15H21NO2. The van der Waals surface area contributed by atoms with E-state index in [0.717, 1.165) is 30.6 Å². The Kier molecular flexibility index (Phi) is 4.37. The van der Waals surface area contributed by atoms with Gasteiger partial charge in [-0.05, 0) is 56.5 Å². The Morgan fingerprint density at radius 2 is 2.06 bits per heavy atom. The Morgan fingerprint density at radius 3 is 2.67 bits per heavy atom. The van der Waals surface area contributed by atoms with E-state index in [0.29, 0.717) is 19.1 Å². The van der Waals surface area contributed by atoms with E-state index >= 15 is 0 Å². The van der Waals surface area contributed by atoms with Gasteiger partial charge < -0.3 is 10.5 Å². The average molecular weight is 247 g/mol. The van der Waals surface area contributed by atoms with E-state index in [2.05, 4.69) is 0 Å². The highest BCUT2D eigenvalue weighted by atomic mass is 16.5. The number of hydrogen-bond acceptors (Lipinski definition) is 3. The van der Waals surface area contributed by atoms with Gasteiger partial charge in [0.25, 0.3) is 0 Å². The van der Waals surface area contributed by atoms with Crippen molar-refractivity contribution in [3.63, 3.8) is 0 Å². The smallest absolute Gasteiger partial charge is 0.166 e. The first-order valence-corrected chi connectivity index (χ1v) is 6.73. The van der Waals surface area contributed by atoms with Gasteiger partial charge in [-0.15, -0.1) is 0 Å². The van der Waals surface area contributed by atoms with Crippen LogP contribution >= 0.6 is 0 Å². The van der Waals surface area contributed by atoms with Crippen molar-refractivity contribution >= 4 is 5.78 Å². The molecule has 1 saturated carbocycles. The van der Waals surface area contributed by atoms with Crippen LogP contribution in [0.15, 0.2) is 24.3 Å². The van der Waals surface area contributed by atoms with Crippen LogP contribution in [0.5, 0.6) is 5.75 Å². The maximum atomic E-state index is 12.4. The summed E-state index contributed by atoms with van der Waals surface area (Å²) < 4.78 is 5.38. The Bertz CT molecular complexity index is 399. The molecule has 0 radical (unpaired) electrons. The number of carbonyl (C=O) groups excluding carboxylic acids is 1. The first kappa shape index (κ1) is 13.1. The van der Waals surface area contributed by atoms with Crippen LogP contribution in [0.2, 0.25) is 0 Å². The highest BCUT2D eigenvalue weighted by Crippen LogP contribution is 2.33. The number of carbonyl (C=O) groups is 1. The Morgan fingerprint density at radius 1 is 1.33 bits per heavy atom. The van der Waals surface area contributed by atoms with Crippen molar-refractivity contribution in [2.24, 2.45) is 17.6 Å². The zero-order chi connectivity index (χ0) is 13.0. The molecule has 1 fully saturated rings. The van der Waals surface area contributed by atoms with Crippen LogP contribution in [0.1, 0.15) is 36.5 Å². The lowest BCUT2D eigenvalue weighted by molar-refractivity contribution is 0.0893. The van der Waals surface area contributed by atoms with Crippen molar-refractivity contribution in [1.82, 2.24) is 0 Å². The second kappa shape index (κ2) is 6.01. The maximum Gasteiger partial charge on any atom is 0.166 e. The third-order valence-corrected chi connectivity index (χ3v) is 3.75. The standard InChI is InChI=1S/C15H21NO2/c1-2-18-13-8-6-11(7-9-13)15(17)14-5-3-4-12(14)10-16/h6-9,12,14H,2-5,10,16H2,1H3. The molecule has 0 saturated heterocycles. The van der Waals surface area contributed by atoms with Crippen LogP contribution in [-0.4, -0.2) is 18.9 Å².